The Labute approximate surface area is 773 Å². The highest BCUT2D eigenvalue weighted by atomic mass is 32.1. The molecule has 0 spiro atoms. The Morgan fingerprint density at radius 1 is 0.145 bits per heavy atom. The third-order valence-corrected chi connectivity index (χ3v) is 28.2. The molecule has 0 aliphatic heterocycles. The van der Waals surface area contributed by atoms with Crippen LogP contribution < -0.4 is 29.4 Å². The molecule has 0 unspecified atom stereocenters. The summed E-state index contributed by atoms with van der Waals surface area (Å²) in [5, 5.41) is 16.0. The fourth-order valence-electron chi connectivity index (χ4n) is 18.8. The van der Waals surface area contributed by atoms with Crippen LogP contribution in [0.4, 0.5) is 102 Å². The molecule has 24 aromatic rings. The number of hydrogen-bond donors (Lipinski definition) is 0. The van der Waals surface area contributed by atoms with Crippen LogP contribution in [-0.4, -0.2) is 0 Å². The highest BCUT2D eigenvalue weighted by Gasteiger charge is 2.27. The van der Waals surface area contributed by atoms with Crippen LogP contribution >= 0.6 is 34.0 Å². The molecular weight excluding hydrogens is 1650 g/mol. The molecule has 0 atom stereocenters. The summed E-state index contributed by atoms with van der Waals surface area (Å²) in [6.07, 6.45) is 0. The molecule has 620 valence electrons. The molecule has 3 aromatic heterocycles. The molecule has 24 rings (SSSR count). The van der Waals surface area contributed by atoms with Gasteiger partial charge in [0.05, 0.1) is 5.69 Å². The molecule has 0 amide bonds. The smallest absolute Gasteiger partial charge is 0.101 e. The Bertz CT molecular complexity index is 8070. The molecule has 0 aliphatic rings. The third kappa shape index (κ3) is 15.3. The van der Waals surface area contributed by atoms with Crippen molar-refractivity contribution in [2.45, 2.75) is 0 Å². The third-order valence-electron chi connectivity index (χ3n) is 24.7. The Kier molecular flexibility index (Phi) is 21.2. The fourth-order valence-corrected chi connectivity index (χ4v) is 22.3. The van der Waals surface area contributed by atoms with E-state index in [0.29, 0.717) is 0 Å². The average molecular weight is 1730 g/mol. The number of thiophene rings is 3. The van der Waals surface area contributed by atoms with Gasteiger partial charge in [-0.05, 0) is 272 Å². The van der Waals surface area contributed by atoms with E-state index in [1.54, 1.807) is 0 Å². The monoisotopic (exact) mass is 1730 g/mol. The quantitative estimate of drug-likeness (QED) is 0.0704. The van der Waals surface area contributed by atoms with Gasteiger partial charge < -0.3 is 29.4 Å². The first-order valence-corrected chi connectivity index (χ1v) is 46.8. The number of fused-ring (bicyclic) bond motifs is 14. The minimum Gasteiger partial charge on any atom is -0.310 e. The number of anilines is 18. The predicted molar refractivity (Wildman–Crippen MR) is 566 cm³/mol. The lowest BCUT2D eigenvalue weighted by atomic mass is 9.93. The molecule has 0 N–H and O–H groups in total. The fraction of sp³-hybridized carbons (Fsp3) is 0. The highest BCUT2D eigenvalue weighted by molar-refractivity contribution is 7.27. The van der Waals surface area contributed by atoms with Gasteiger partial charge in [-0.15, -0.1) is 34.0 Å². The standard InChI is InChI=1S/C68H45N3S2.C54H39N3S/c1-6-20-46(21-7-1)64-40-41-66(72-64)71(54-36-39-65-62(45-54)67-63(42-47-22-16-17-31-55(47)68(67)73-65)70(50-27-12-4-13-28-50)51-29-14-5-15-30-51)53-35-38-59-57-33-19-18-32-56(57)58-37-34-52(43-60(58)61(59)44-53)69(48-23-8-2-9-24-48)49-25-10-3-11-26-49;1-6-18-40(19-7-1)41-20-16-29-46(36-41)57(48-31-17-30-47(37-48)55(42-21-8-2-9-22-42)43-23-10-3-11-24-43)50-33-35-52-51-34-32-49(38-53(51)58-54(52)39-50)56(44-25-12-4-13-26-44)45-27-14-5-15-28-45/h1-45H;1-39H. The van der Waals surface area contributed by atoms with Gasteiger partial charge in [0.15, 0.2) is 0 Å². The molecule has 6 nitrogen and oxygen atoms in total. The molecule has 0 bridgehead atoms. The van der Waals surface area contributed by atoms with Crippen molar-refractivity contribution < 1.29 is 0 Å². The summed E-state index contributed by atoms with van der Waals surface area (Å²) in [6.45, 7) is 0. The molecule has 0 saturated carbocycles. The first-order chi connectivity index (χ1) is 65.0. The first-order valence-electron chi connectivity index (χ1n) is 44.3. The van der Waals surface area contributed by atoms with Crippen molar-refractivity contribution in [3.8, 4) is 21.6 Å². The van der Waals surface area contributed by atoms with E-state index in [4.69, 9.17) is 0 Å². The molecule has 131 heavy (non-hydrogen) atoms. The second-order valence-electron chi connectivity index (χ2n) is 32.7. The summed E-state index contributed by atoms with van der Waals surface area (Å²) < 4.78 is 5.03. The van der Waals surface area contributed by atoms with Gasteiger partial charge in [0.2, 0.25) is 0 Å². The lowest BCUT2D eigenvalue weighted by molar-refractivity contribution is 1.25. The van der Waals surface area contributed by atoms with E-state index in [9.17, 15) is 0 Å². The number of nitrogens with zero attached hydrogens (tertiary/aromatic N) is 6. The molecule has 21 aromatic carbocycles. The zero-order valence-corrected chi connectivity index (χ0v) is 73.9. The number of benzene rings is 21. The van der Waals surface area contributed by atoms with E-state index < -0.39 is 0 Å². The van der Waals surface area contributed by atoms with Crippen molar-refractivity contribution in [2.75, 3.05) is 29.4 Å². The summed E-state index contributed by atoms with van der Waals surface area (Å²) in [4.78, 5) is 15.5. The Morgan fingerprint density at radius 2 is 0.458 bits per heavy atom. The second-order valence-corrected chi connectivity index (χ2v) is 35.9. The van der Waals surface area contributed by atoms with E-state index in [-0.39, 0.29) is 0 Å². The van der Waals surface area contributed by atoms with Crippen LogP contribution in [0.15, 0.2) is 510 Å². The Balaban J connectivity index is 0.000000153. The normalized spacial score (nSPS) is 11.4. The van der Waals surface area contributed by atoms with Gasteiger partial charge >= 0.3 is 0 Å². The molecule has 9 heteroatoms. The van der Waals surface area contributed by atoms with Crippen LogP contribution in [0.3, 0.4) is 0 Å². The maximum atomic E-state index is 2.48. The van der Waals surface area contributed by atoms with Gasteiger partial charge in [-0.2, -0.15) is 0 Å². The minimum atomic E-state index is 1.07. The predicted octanol–water partition coefficient (Wildman–Crippen LogP) is 36.9. The van der Waals surface area contributed by atoms with Gasteiger partial charge in [0, 0.05) is 136 Å². The Hall–Kier alpha value is -16.4. The van der Waals surface area contributed by atoms with Crippen LogP contribution in [0, 0.1) is 0 Å². The van der Waals surface area contributed by atoms with Crippen molar-refractivity contribution in [1.82, 2.24) is 0 Å². The largest absolute Gasteiger partial charge is 0.310 e. The summed E-state index contributed by atoms with van der Waals surface area (Å²) >= 11 is 5.56. The van der Waals surface area contributed by atoms with Crippen LogP contribution in [0.5, 0.6) is 0 Å². The number of rotatable bonds is 20. The lowest BCUT2D eigenvalue weighted by Crippen LogP contribution is -2.13. The second kappa shape index (κ2) is 35.1. The van der Waals surface area contributed by atoms with E-state index >= 15 is 0 Å². The minimum absolute atomic E-state index is 1.07. The van der Waals surface area contributed by atoms with E-state index in [1.165, 1.54) is 105 Å². The SMILES string of the molecule is c1ccc(-c2ccc(N(c3ccc4c5ccccc5c5ccc(N(c6ccccc6)c6ccccc6)cc5c4c3)c3ccc4sc5c6ccccc6cc(N(c6ccccc6)c6ccccc6)c5c4c3)s2)cc1.c1ccc(-c2cccc(N(c3cccc(N(c4ccccc4)c4ccccc4)c3)c3ccc4c(c3)sc3cc(N(c5ccccc5)c5ccccc5)ccc34)c2)cc1. The summed E-state index contributed by atoms with van der Waals surface area (Å²) in [7, 11) is 0. The van der Waals surface area contributed by atoms with E-state index in [1.807, 2.05) is 34.0 Å². The molecule has 0 saturated heterocycles. The van der Waals surface area contributed by atoms with Crippen LogP contribution in [-0.2, 0) is 0 Å². The average Bonchev–Trinajstić information content (AvgIpc) is 1.52. The van der Waals surface area contributed by atoms with Crippen molar-refractivity contribution in [3.05, 3.63) is 510 Å². The van der Waals surface area contributed by atoms with Crippen LogP contribution in [0.1, 0.15) is 0 Å². The number of hydrogen-bond acceptors (Lipinski definition) is 9. The van der Waals surface area contributed by atoms with Crippen molar-refractivity contribution in [3.63, 3.8) is 0 Å². The van der Waals surface area contributed by atoms with Gasteiger partial charge in [-0.3, -0.25) is 0 Å². The maximum Gasteiger partial charge on any atom is 0.101 e. The van der Waals surface area contributed by atoms with E-state index in [2.05, 4.69) is 539 Å². The highest BCUT2D eigenvalue weighted by Crippen LogP contribution is 2.54. The molecule has 3 heterocycles. The van der Waals surface area contributed by atoms with Gasteiger partial charge in [0.1, 0.15) is 5.00 Å². The van der Waals surface area contributed by atoms with Gasteiger partial charge in [-0.1, -0.05) is 297 Å². The van der Waals surface area contributed by atoms with Gasteiger partial charge in [-0.25, -0.2) is 0 Å². The van der Waals surface area contributed by atoms with Crippen molar-refractivity contribution in [1.29, 1.82) is 0 Å². The van der Waals surface area contributed by atoms with Crippen LogP contribution in [0.25, 0.3) is 105 Å². The van der Waals surface area contributed by atoms with E-state index in [0.717, 1.165) is 102 Å². The zero-order chi connectivity index (χ0) is 86.9. The lowest BCUT2D eigenvalue weighted by Gasteiger charge is -2.29. The molecule has 0 aliphatic carbocycles. The van der Waals surface area contributed by atoms with Crippen molar-refractivity contribution in [2.24, 2.45) is 0 Å². The molecule has 0 radical (unpaired) electrons. The van der Waals surface area contributed by atoms with Crippen molar-refractivity contribution >= 4 is 219 Å². The summed E-state index contributed by atoms with van der Waals surface area (Å²) in [5.41, 5.74) is 22.4. The topological polar surface area (TPSA) is 19.4 Å². The zero-order valence-electron chi connectivity index (χ0n) is 71.4. The Morgan fingerprint density at radius 3 is 0.908 bits per heavy atom. The first kappa shape index (κ1) is 79.3. The van der Waals surface area contributed by atoms with Gasteiger partial charge in [0.25, 0.3) is 0 Å². The molecule has 0 fully saturated rings. The summed E-state index contributed by atoms with van der Waals surface area (Å²) in [6, 6.07) is 184. The summed E-state index contributed by atoms with van der Waals surface area (Å²) in [5.74, 6) is 0. The number of para-hydroxylation sites is 8. The molecular formula is C122H84N6S3. The maximum absolute atomic E-state index is 2.48. The van der Waals surface area contributed by atoms with Crippen LogP contribution in [0.2, 0.25) is 0 Å².